The van der Waals surface area contributed by atoms with Gasteiger partial charge >= 0.3 is 0 Å². The molecule has 0 aromatic carbocycles. The van der Waals surface area contributed by atoms with Gasteiger partial charge in [-0.15, -0.1) is 0 Å². The van der Waals surface area contributed by atoms with Crippen molar-refractivity contribution in [1.82, 2.24) is 10.3 Å². The molecule has 70 valence electrons. The molecule has 2 rings (SSSR count). The molecule has 0 saturated heterocycles. The molecule has 1 heterocycles. The van der Waals surface area contributed by atoms with E-state index in [2.05, 4.69) is 10.3 Å². The third kappa shape index (κ3) is 1.73. The maximum atomic E-state index is 4.28. The van der Waals surface area contributed by atoms with E-state index in [1.54, 1.807) is 5.56 Å². The fourth-order valence-corrected chi connectivity index (χ4v) is 2.05. The van der Waals surface area contributed by atoms with Gasteiger partial charge < -0.3 is 5.32 Å². The number of rotatable bonds is 3. The van der Waals surface area contributed by atoms with Crippen molar-refractivity contribution in [3.8, 4) is 0 Å². The van der Waals surface area contributed by atoms with Crippen molar-refractivity contribution in [3.63, 3.8) is 0 Å². The summed E-state index contributed by atoms with van der Waals surface area (Å²) in [6, 6.07) is 0. The van der Waals surface area contributed by atoms with Crippen LogP contribution in [0.25, 0.3) is 0 Å². The number of nitrogens with one attached hydrogen (secondary N) is 1. The standard InChI is InChI=1S/C11H16N2/c1-12-6-5-10-8-13-7-9-3-2-4-11(9)10/h7-8,12H,2-6H2,1H3. The molecule has 1 aromatic rings. The zero-order valence-corrected chi connectivity index (χ0v) is 8.14. The average Bonchev–Trinajstić information content (AvgIpc) is 2.62. The Hall–Kier alpha value is -0.890. The second kappa shape index (κ2) is 3.88. The quantitative estimate of drug-likeness (QED) is 0.751. The van der Waals surface area contributed by atoms with Gasteiger partial charge in [0.05, 0.1) is 0 Å². The first kappa shape index (κ1) is 8.70. The van der Waals surface area contributed by atoms with Gasteiger partial charge in [0, 0.05) is 12.4 Å². The molecule has 1 N–H and O–H groups in total. The minimum atomic E-state index is 1.05. The van der Waals surface area contributed by atoms with Gasteiger partial charge in [-0.2, -0.15) is 0 Å². The van der Waals surface area contributed by atoms with E-state index in [0.717, 1.165) is 13.0 Å². The molecule has 0 unspecified atom stereocenters. The lowest BCUT2D eigenvalue weighted by atomic mass is 10.0. The first-order valence-electron chi connectivity index (χ1n) is 5.01. The Morgan fingerprint density at radius 1 is 1.38 bits per heavy atom. The van der Waals surface area contributed by atoms with E-state index in [1.807, 2.05) is 19.4 Å². The van der Waals surface area contributed by atoms with Gasteiger partial charge in [-0.3, -0.25) is 4.98 Å². The Balaban J connectivity index is 2.20. The van der Waals surface area contributed by atoms with Crippen molar-refractivity contribution in [2.24, 2.45) is 0 Å². The molecular weight excluding hydrogens is 160 g/mol. The fraction of sp³-hybridized carbons (Fsp3) is 0.545. The number of aryl methyl sites for hydroxylation is 1. The van der Waals surface area contributed by atoms with Crippen LogP contribution in [0, 0.1) is 0 Å². The summed E-state index contributed by atoms with van der Waals surface area (Å²) in [5.74, 6) is 0. The predicted octanol–water partition coefficient (Wildman–Crippen LogP) is 1.33. The number of fused-ring (bicyclic) bond motifs is 1. The molecule has 0 atom stereocenters. The molecule has 13 heavy (non-hydrogen) atoms. The van der Waals surface area contributed by atoms with Crippen LogP contribution in [0.1, 0.15) is 23.1 Å². The molecule has 0 radical (unpaired) electrons. The number of aromatic nitrogens is 1. The monoisotopic (exact) mass is 176 g/mol. The van der Waals surface area contributed by atoms with E-state index in [4.69, 9.17) is 0 Å². The van der Waals surface area contributed by atoms with Crippen LogP contribution in [0.15, 0.2) is 12.4 Å². The second-order valence-electron chi connectivity index (χ2n) is 3.64. The highest BCUT2D eigenvalue weighted by Crippen LogP contribution is 2.24. The molecule has 1 aliphatic rings. The van der Waals surface area contributed by atoms with Crippen LogP contribution in [0.5, 0.6) is 0 Å². The summed E-state index contributed by atoms with van der Waals surface area (Å²) in [6.07, 6.45) is 8.99. The van der Waals surface area contributed by atoms with Gasteiger partial charge in [-0.1, -0.05) is 0 Å². The Labute approximate surface area is 79.4 Å². The molecule has 1 aromatic heterocycles. The van der Waals surface area contributed by atoms with Crippen LogP contribution in [0.4, 0.5) is 0 Å². The zero-order chi connectivity index (χ0) is 9.10. The van der Waals surface area contributed by atoms with Crippen molar-refractivity contribution in [2.45, 2.75) is 25.7 Å². The summed E-state index contributed by atoms with van der Waals surface area (Å²) >= 11 is 0. The molecule has 0 aliphatic heterocycles. The van der Waals surface area contributed by atoms with Crippen molar-refractivity contribution < 1.29 is 0 Å². The van der Waals surface area contributed by atoms with Gasteiger partial charge in [0.1, 0.15) is 0 Å². The van der Waals surface area contributed by atoms with E-state index in [0.29, 0.717) is 0 Å². The number of nitrogens with zero attached hydrogens (tertiary/aromatic N) is 1. The largest absolute Gasteiger partial charge is 0.319 e. The van der Waals surface area contributed by atoms with Crippen molar-refractivity contribution in [1.29, 1.82) is 0 Å². The number of hydrogen-bond donors (Lipinski definition) is 1. The summed E-state index contributed by atoms with van der Waals surface area (Å²) in [5, 5.41) is 3.18. The van der Waals surface area contributed by atoms with Crippen molar-refractivity contribution >= 4 is 0 Å². The minimum absolute atomic E-state index is 1.05. The zero-order valence-electron chi connectivity index (χ0n) is 8.14. The lowest BCUT2D eigenvalue weighted by molar-refractivity contribution is 0.782. The van der Waals surface area contributed by atoms with Crippen LogP contribution in [-0.4, -0.2) is 18.6 Å². The van der Waals surface area contributed by atoms with Crippen LogP contribution < -0.4 is 5.32 Å². The van der Waals surface area contributed by atoms with E-state index in [1.165, 1.54) is 30.4 Å². The Kier molecular flexibility index (Phi) is 2.60. The Morgan fingerprint density at radius 3 is 3.15 bits per heavy atom. The lowest BCUT2D eigenvalue weighted by Gasteiger charge is -2.06. The van der Waals surface area contributed by atoms with Gasteiger partial charge in [0.25, 0.3) is 0 Å². The SMILES string of the molecule is CNCCc1cncc2c1CCC2. The molecule has 2 nitrogen and oxygen atoms in total. The molecule has 2 heteroatoms. The summed E-state index contributed by atoms with van der Waals surface area (Å²) < 4.78 is 0. The highest BCUT2D eigenvalue weighted by molar-refractivity contribution is 5.35. The number of hydrogen-bond acceptors (Lipinski definition) is 2. The maximum absolute atomic E-state index is 4.28. The highest BCUT2D eigenvalue weighted by Gasteiger charge is 2.13. The highest BCUT2D eigenvalue weighted by atomic mass is 14.8. The van der Waals surface area contributed by atoms with Crippen LogP contribution in [0.3, 0.4) is 0 Å². The van der Waals surface area contributed by atoms with Gasteiger partial charge in [0.2, 0.25) is 0 Å². The predicted molar refractivity (Wildman–Crippen MR) is 53.9 cm³/mol. The molecule has 0 bridgehead atoms. The van der Waals surface area contributed by atoms with E-state index >= 15 is 0 Å². The van der Waals surface area contributed by atoms with Gasteiger partial charge in [-0.25, -0.2) is 0 Å². The fourth-order valence-electron chi connectivity index (χ4n) is 2.05. The van der Waals surface area contributed by atoms with Crippen LogP contribution >= 0.6 is 0 Å². The maximum Gasteiger partial charge on any atom is 0.0303 e. The number of pyridine rings is 1. The summed E-state index contributed by atoms with van der Waals surface area (Å²) in [7, 11) is 2.00. The van der Waals surface area contributed by atoms with Gasteiger partial charge in [-0.05, 0) is 56.0 Å². The molecule has 0 fully saturated rings. The molecule has 0 saturated carbocycles. The Bertz CT molecular complexity index is 294. The van der Waals surface area contributed by atoms with E-state index in [-0.39, 0.29) is 0 Å². The normalized spacial score (nSPS) is 14.5. The van der Waals surface area contributed by atoms with E-state index < -0.39 is 0 Å². The van der Waals surface area contributed by atoms with Crippen LogP contribution in [-0.2, 0) is 19.3 Å². The molecule has 0 spiro atoms. The van der Waals surface area contributed by atoms with E-state index in [9.17, 15) is 0 Å². The minimum Gasteiger partial charge on any atom is -0.319 e. The third-order valence-corrected chi connectivity index (χ3v) is 2.75. The smallest absolute Gasteiger partial charge is 0.0303 e. The molecule has 1 aliphatic carbocycles. The second-order valence-corrected chi connectivity index (χ2v) is 3.64. The first-order valence-corrected chi connectivity index (χ1v) is 5.01. The lowest BCUT2D eigenvalue weighted by Crippen LogP contribution is -2.11. The molecule has 0 amide bonds. The number of likely N-dealkylation sites (N-methyl/N-ethyl adjacent to an activating group) is 1. The third-order valence-electron chi connectivity index (χ3n) is 2.75. The summed E-state index contributed by atoms with van der Waals surface area (Å²) in [6.45, 7) is 1.05. The average molecular weight is 176 g/mol. The van der Waals surface area contributed by atoms with Gasteiger partial charge in [0.15, 0.2) is 0 Å². The summed E-state index contributed by atoms with van der Waals surface area (Å²) in [5.41, 5.74) is 4.50. The molecular formula is C11H16N2. The first-order chi connectivity index (χ1) is 6.42. The van der Waals surface area contributed by atoms with Crippen molar-refractivity contribution in [2.75, 3.05) is 13.6 Å². The van der Waals surface area contributed by atoms with Crippen LogP contribution in [0.2, 0.25) is 0 Å². The van der Waals surface area contributed by atoms with Crippen molar-refractivity contribution in [3.05, 3.63) is 29.1 Å². The summed E-state index contributed by atoms with van der Waals surface area (Å²) in [4.78, 5) is 4.28. The Morgan fingerprint density at radius 2 is 2.31 bits per heavy atom. The topological polar surface area (TPSA) is 24.9 Å².